The normalized spacial score (nSPS) is 24.1. The van der Waals surface area contributed by atoms with Gasteiger partial charge < -0.3 is 15.0 Å². The molecule has 6 heteroatoms. The van der Waals surface area contributed by atoms with Crippen LogP contribution in [0.5, 0.6) is 0 Å². The lowest BCUT2D eigenvalue weighted by Crippen LogP contribution is -2.51. The summed E-state index contributed by atoms with van der Waals surface area (Å²) in [4.78, 5) is 20.1. The highest BCUT2D eigenvalue weighted by molar-refractivity contribution is 5.95. The third kappa shape index (κ3) is 3.47. The zero-order valence-corrected chi connectivity index (χ0v) is 18.8. The highest BCUT2D eigenvalue weighted by Crippen LogP contribution is 2.36. The van der Waals surface area contributed by atoms with Crippen molar-refractivity contribution in [3.05, 3.63) is 70.3 Å². The van der Waals surface area contributed by atoms with E-state index in [-0.39, 0.29) is 23.4 Å². The van der Waals surface area contributed by atoms with Crippen LogP contribution in [0, 0.1) is 23.7 Å². The summed E-state index contributed by atoms with van der Waals surface area (Å²) < 4.78 is 5.41. The van der Waals surface area contributed by atoms with E-state index in [0.29, 0.717) is 37.8 Å². The number of nitrogens with zero attached hydrogens (tertiary/aromatic N) is 3. The topological polar surface area (TPSA) is 77.7 Å². The molecule has 5 rings (SSSR count). The van der Waals surface area contributed by atoms with Crippen LogP contribution in [0.25, 0.3) is 0 Å². The zero-order chi connectivity index (χ0) is 22.5. The van der Waals surface area contributed by atoms with Crippen molar-refractivity contribution in [3.8, 4) is 6.07 Å². The third-order valence-corrected chi connectivity index (χ3v) is 7.04. The Balaban J connectivity index is 1.31. The van der Waals surface area contributed by atoms with Gasteiger partial charge in [-0.15, -0.1) is 0 Å². The summed E-state index contributed by atoms with van der Waals surface area (Å²) in [5, 5.41) is 12.5. The quantitative estimate of drug-likeness (QED) is 0.808. The Morgan fingerprint density at radius 3 is 2.56 bits per heavy atom. The first-order valence-corrected chi connectivity index (χ1v) is 11.2. The number of hydrogen-bond acceptors (Lipinski definition) is 5. The van der Waals surface area contributed by atoms with E-state index >= 15 is 0 Å². The highest BCUT2D eigenvalue weighted by atomic mass is 16.5. The van der Waals surface area contributed by atoms with E-state index in [2.05, 4.69) is 32.2 Å². The number of aryl methyl sites for hydroxylation is 1. The number of hydrogen-bond donors (Lipinski definition) is 1. The summed E-state index contributed by atoms with van der Waals surface area (Å²) in [7, 11) is 0. The smallest absolute Gasteiger partial charge is 0.253 e. The second kappa shape index (κ2) is 7.75. The molecule has 6 nitrogen and oxygen atoms in total. The van der Waals surface area contributed by atoms with Crippen LogP contribution in [0.1, 0.15) is 58.4 Å². The molecule has 2 saturated heterocycles. The van der Waals surface area contributed by atoms with Crippen LogP contribution in [-0.2, 0) is 4.74 Å². The van der Waals surface area contributed by atoms with Crippen LogP contribution >= 0.6 is 0 Å². The standard InChI is InChI=1S/C26H28N4O2/c1-16-4-7-20(10-22(16)23-17(2)28-25(29-23)26(3)14-32-15-26)24(31)30-12-21(13-30)19-8-5-18(11-27)6-9-19/h4-10,17,21,23H,12-15H2,1-3H3,(H,28,29). The van der Waals surface area contributed by atoms with Gasteiger partial charge in [0, 0.05) is 24.6 Å². The van der Waals surface area contributed by atoms with Gasteiger partial charge in [0.15, 0.2) is 0 Å². The molecule has 2 aromatic rings. The second-order valence-electron chi connectivity index (χ2n) is 9.62. The first-order valence-electron chi connectivity index (χ1n) is 11.2. The summed E-state index contributed by atoms with van der Waals surface area (Å²) in [5.41, 5.74) is 4.80. The number of carbonyl (C=O) groups is 1. The summed E-state index contributed by atoms with van der Waals surface area (Å²) >= 11 is 0. The average Bonchev–Trinajstić information content (AvgIpc) is 3.13. The number of benzene rings is 2. The maximum atomic E-state index is 13.2. The number of aliphatic imine (C=N–C) groups is 1. The van der Waals surface area contributed by atoms with Gasteiger partial charge in [-0.2, -0.15) is 5.26 Å². The minimum atomic E-state index is -0.0254. The van der Waals surface area contributed by atoms with Gasteiger partial charge in [0.2, 0.25) is 0 Å². The Morgan fingerprint density at radius 2 is 1.94 bits per heavy atom. The van der Waals surface area contributed by atoms with Crippen LogP contribution in [-0.4, -0.2) is 49.0 Å². The minimum Gasteiger partial charge on any atom is -0.379 e. The van der Waals surface area contributed by atoms with Gasteiger partial charge in [-0.05, 0) is 61.7 Å². The molecule has 3 aliphatic heterocycles. The molecule has 2 fully saturated rings. The molecule has 1 N–H and O–H groups in total. The predicted molar refractivity (Wildman–Crippen MR) is 123 cm³/mol. The van der Waals surface area contributed by atoms with E-state index < -0.39 is 0 Å². The summed E-state index contributed by atoms with van der Waals surface area (Å²) in [5.74, 6) is 1.41. The van der Waals surface area contributed by atoms with Crippen LogP contribution < -0.4 is 5.32 Å². The van der Waals surface area contributed by atoms with Crippen molar-refractivity contribution in [3.63, 3.8) is 0 Å². The molecule has 164 valence electrons. The molecule has 0 aromatic heterocycles. The molecule has 0 aliphatic carbocycles. The van der Waals surface area contributed by atoms with Crippen LogP contribution in [0.2, 0.25) is 0 Å². The number of amides is 1. The fourth-order valence-electron chi connectivity index (χ4n) is 4.76. The Hall–Kier alpha value is -3.17. The molecule has 2 atom stereocenters. The highest BCUT2D eigenvalue weighted by Gasteiger charge is 2.43. The molecule has 0 spiro atoms. The van der Waals surface area contributed by atoms with E-state index in [9.17, 15) is 4.79 Å². The van der Waals surface area contributed by atoms with Gasteiger partial charge in [0.05, 0.1) is 42.3 Å². The molecule has 0 bridgehead atoms. The van der Waals surface area contributed by atoms with Crippen molar-refractivity contribution in [2.24, 2.45) is 10.4 Å². The van der Waals surface area contributed by atoms with Gasteiger partial charge in [-0.1, -0.05) is 18.2 Å². The van der Waals surface area contributed by atoms with Crippen molar-refractivity contribution in [2.45, 2.75) is 38.8 Å². The Labute approximate surface area is 188 Å². The SMILES string of the molecule is Cc1ccc(C(=O)N2CC(c3ccc(C#N)cc3)C2)cc1C1N=C(C2(C)COC2)NC1C. The molecule has 1 amide bonds. The molecule has 0 radical (unpaired) electrons. The number of carbonyl (C=O) groups excluding carboxylic acids is 1. The van der Waals surface area contributed by atoms with E-state index in [1.54, 1.807) is 0 Å². The Morgan fingerprint density at radius 1 is 1.22 bits per heavy atom. The summed E-state index contributed by atoms with van der Waals surface area (Å²) in [6.07, 6.45) is 0. The third-order valence-electron chi connectivity index (χ3n) is 7.04. The molecule has 3 aliphatic rings. The number of likely N-dealkylation sites (tertiary alicyclic amines) is 1. The predicted octanol–water partition coefficient (Wildman–Crippen LogP) is 3.57. The van der Waals surface area contributed by atoms with Crippen molar-refractivity contribution < 1.29 is 9.53 Å². The molecule has 2 aromatic carbocycles. The lowest BCUT2D eigenvalue weighted by molar-refractivity contribution is -0.0598. The lowest BCUT2D eigenvalue weighted by atomic mass is 9.87. The molecule has 0 saturated carbocycles. The number of nitrogens with one attached hydrogen (secondary N) is 1. The second-order valence-corrected chi connectivity index (χ2v) is 9.62. The van der Waals surface area contributed by atoms with Crippen molar-refractivity contribution in [2.75, 3.05) is 26.3 Å². The van der Waals surface area contributed by atoms with E-state index in [4.69, 9.17) is 15.0 Å². The van der Waals surface area contributed by atoms with Crippen molar-refractivity contribution in [1.82, 2.24) is 10.2 Å². The lowest BCUT2D eigenvalue weighted by Gasteiger charge is -2.39. The molecule has 32 heavy (non-hydrogen) atoms. The van der Waals surface area contributed by atoms with Gasteiger partial charge in [-0.3, -0.25) is 9.79 Å². The summed E-state index contributed by atoms with van der Waals surface area (Å²) in [6.45, 7) is 9.22. The number of rotatable bonds is 4. The fraction of sp³-hybridized carbons (Fsp3) is 0.423. The van der Waals surface area contributed by atoms with Crippen LogP contribution in [0.3, 0.4) is 0 Å². The maximum absolute atomic E-state index is 13.2. The molecule has 3 heterocycles. The number of ether oxygens (including phenoxy) is 1. The van der Waals surface area contributed by atoms with E-state index in [1.807, 2.05) is 47.4 Å². The van der Waals surface area contributed by atoms with Crippen LogP contribution in [0.4, 0.5) is 0 Å². The largest absolute Gasteiger partial charge is 0.379 e. The van der Waals surface area contributed by atoms with E-state index in [0.717, 1.165) is 22.5 Å². The molecular weight excluding hydrogens is 400 g/mol. The monoisotopic (exact) mass is 428 g/mol. The van der Waals surface area contributed by atoms with Crippen molar-refractivity contribution >= 4 is 11.7 Å². The Kier molecular flexibility index (Phi) is 5.02. The first kappa shape index (κ1) is 20.7. The zero-order valence-electron chi connectivity index (χ0n) is 18.8. The molecular formula is C26H28N4O2. The number of amidine groups is 1. The van der Waals surface area contributed by atoms with Gasteiger partial charge >= 0.3 is 0 Å². The van der Waals surface area contributed by atoms with Crippen molar-refractivity contribution in [1.29, 1.82) is 5.26 Å². The van der Waals surface area contributed by atoms with Gasteiger partial charge in [0.1, 0.15) is 5.84 Å². The fourth-order valence-corrected chi connectivity index (χ4v) is 4.76. The Bertz CT molecular complexity index is 1120. The molecule has 2 unspecified atom stereocenters. The van der Waals surface area contributed by atoms with E-state index in [1.165, 1.54) is 5.56 Å². The average molecular weight is 429 g/mol. The maximum Gasteiger partial charge on any atom is 0.253 e. The van der Waals surface area contributed by atoms with Gasteiger partial charge in [-0.25, -0.2) is 0 Å². The van der Waals surface area contributed by atoms with Crippen LogP contribution in [0.15, 0.2) is 47.5 Å². The van der Waals surface area contributed by atoms with Gasteiger partial charge in [0.25, 0.3) is 5.91 Å². The first-order chi connectivity index (χ1) is 15.4. The summed E-state index contributed by atoms with van der Waals surface area (Å²) in [6, 6.07) is 16.0. The number of nitriles is 1. The minimum absolute atomic E-state index is 0.00189.